The number of nitrogens with zero attached hydrogens (tertiary/aromatic N) is 1. The van der Waals surface area contributed by atoms with Gasteiger partial charge in [0, 0.05) is 18.7 Å². The van der Waals surface area contributed by atoms with Gasteiger partial charge in [-0.15, -0.1) is 0 Å². The van der Waals surface area contributed by atoms with E-state index in [0.29, 0.717) is 17.2 Å². The maximum absolute atomic E-state index is 13.9. The molecule has 0 radical (unpaired) electrons. The number of piperidine rings is 1. The van der Waals surface area contributed by atoms with Crippen molar-refractivity contribution in [3.63, 3.8) is 0 Å². The van der Waals surface area contributed by atoms with Crippen LogP contribution in [0, 0.1) is 11.7 Å². The third kappa shape index (κ3) is 2.65. The molecular weight excluding hydrogens is 233 g/mol. The fourth-order valence-corrected chi connectivity index (χ4v) is 2.65. The lowest BCUT2D eigenvalue weighted by molar-refractivity contribution is 0.109. The van der Waals surface area contributed by atoms with Crippen molar-refractivity contribution < 1.29 is 14.6 Å². The Balaban J connectivity index is 2.14. The highest BCUT2D eigenvalue weighted by Gasteiger charge is 2.25. The topological polar surface area (TPSA) is 43.7 Å². The summed E-state index contributed by atoms with van der Waals surface area (Å²) in [6, 6.07) is 4.79. The zero-order valence-electron chi connectivity index (χ0n) is 10.6. The van der Waals surface area contributed by atoms with Crippen LogP contribution in [0.5, 0.6) is 0 Å². The van der Waals surface area contributed by atoms with Crippen molar-refractivity contribution in [3.05, 3.63) is 29.6 Å². The Morgan fingerprint density at radius 1 is 1.39 bits per heavy atom. The molecule has 2 rings (SSSR count). The molecule has 100 valence electrons. The van der Waals surface area contributed by atoms with Gasteiger partial charge in [-0.25, -0.2) is 4.39 Å². The van der Waals surface area contributed by atoms with Gasteiger partial charge in [0.15, 0.2) is 0 Å². The number of aliphatic hydroxyl groups excluding tert-OH is 2. The Bertz CT molecular complexity index is 401. The van der Waals surface area contributed by atoms with Crippen LogP contribution >= 0.6 is 0 Å². The third-order valence-electron chi connectivity index (χ3n) is 3.78. The standard InChI is InChI=1S/C14H20FNO2/c1-10(18)11-5-7-16(8-6-11)14-12(9-17)3-2-4-13(14)15/h2-4,10-11,17-18H,5-9H2,1H3. The molecule has 0 bridgehead atoms. The average Bonchev–Trinajstić information content (AvgIpc) is 2.38. The van der Waals surface area contributed by atoms with Gasteiger partial charge in [0.25, 0.3) is 0 Å². The van der Waals surface area contributed by atoms with Crippen LogP contribution in [-0.4, -0.2) is 29.4 Å². The molecule has 18 heavy (non-hydrogen) atoms. The summed E-state index contributed by atoms with van der Waals surface area (Å²) < 4.78 is 13.9. The van der Waals surface area contributed by atoms with Gasteiger partial charge < -0.3 is 15.1 Å². The molecule has 1 aliphatic rings. The van der Waals surface area contributed by atoms with Crippen molar-refractivity contribution in [1.29, 1.82) is 0 Å². The van der Waals surface area contributed by atoms with E-state index in [4.69, 9.17) is 0 Å². The summed E-state index contributed by atoms with van der Waals surface area (Å²) in [4.78, 5) is 1.97. The smallest absolute Gasteiger partial charge is 0.146 e. The summed E-state index contributed by atoms with van der Waals surface area (Å²) in [6.45, 7) is 3.11. The summed E-state index contributed by atoms with van der Waals surface area (Å²) in [7, 11) is 0. The van der Waals surface area contributed by atoms with E-state index in [9.17, 15) is 14.6 Å². The monoisotopic (exact) mass is 253 g/mol. The van der Waals surface area contributed by atoms with Crippen molar-refractivity contribution in [2.24, 2.45) is 5.92 Å². The molecule has 1 aromatic rings. The van der Waals surface area contributed by atoms with Gasteiger partial charge in [-0.05, 0) is 31.7 Å². The molecule has 1 heterocycles. The molecular formula is C14H20FNO2. The minimum Gasteiger partial charge on any atom is -0.393 e. The Morgan fingerprint density at radius 2 is 2.06 bits per heavy atom. The third-order valence-corrected chi connectivity index (χ3v) is 3.78. The fraction of sp³-hybridized carbons (Fsp3) is 0.571. The van der Waals surface area contributed by atoms with Gasteiger partial charge in [-0.1, -0.05) is 12.1 Å². The Morgan fingerprint density at radius 3 is 2.61 bits per heavy atom. The minimum absolute atomic E-state index is 0.149. The molecule has 1 aromatic carbocycles. The highest BCUT2D eigenvalue weighted by Crippen LogP contribution is 2.30. The highest BCUT2D eigenvalue weighted by molar-refractivity contribution is 5.55. The molecule has 1 unspecified atom stereocenters. The fourth-order valence-electron chi connectivity index (χ4n) is 2.65. The average molecular weight is 253 g/mol. The molecule has 1 aliphatic heterocycles. The second kappa shape index (κ2) is 5.67. The van der Waals surface area contributed by atoms with Crippen LogP contribution in [0.25, 0.3) is 0 Å². The number of hydrogen-bond acceptors (Lipinski definition) is 3. The summed E-state index contributed by atoms with van der Waals surface area (Å²) in [5, 5.41) is 18.8. The van der Waals surface area contributed by atoms with E-state index in [1.165, 1.54) is 6.07 Å². The van der Waals surface area contributed by atoms with Gasteiger partial charge in [0.05, 0.1) is 18.4 Å². The quantitative estimate of drug-likeness (QED) is 0.865. The first-order chi connectivity index (χ1) is 8.63. The van der Waals surface area contributed by atoms with Gasteiger partial charge in [-0.2, -0.15) is 0 Å². The van der Waals surface area contributed by atoms with Gasteiger partial charge in [0.1, 0.15) is 5.82 Å². The number of aliphatic hydroxyl groups is 2. The van der Waals surface area contributed by atoms with Gasteiger partial charge in [0.2, 0.25) is 0 Å². The van der Waals surface area contributed by atoms with Crippen molar-refractivity contribution >= 4 is 5.69 Å². The molecule has 0 amide bonds. The number of benzene rings is 1. The zero-order chi connectivity index (χ0) is 13.1. The Kier molecular flexibility index (Phi) is 4.19. The van der Waals surface area contributed by atoms with Gasteiger partial charge in [-0.3, -0.25) is 0 Å². The van der Waals surface area contributed by atoms with Crippen LogP contribution in [0.2, 0.25) is 0 Å². The van der Waals surface area contributed by atoms with Gasteiger partial charge >= 0.3 is 0 Å². The second-order valence-electron chi connectivity index (χ2n) is 4.97. The molecule has 1 atom stereocenters. The number of hydrogen-bond donors (Lipinski definition) is 2. The maximum atomic E-state index is 13.9. The van der Waals surface area contributed by atoms with E-state index in [1.807, 2.05) is 11.8 Å². The van der Waals surface area contributed by atoms with Crippen LogP contribution in [0.3, 0.4) is 0 Å². The molecule has 4 heteroatoms. The SMILES string of the molecule is CC(O)C1CCN(c2c(F)cccc2CO)CC1. The number of halogens is 1. The van der Waals surface area contributed by atoms with Crippen LogP contribution in [-0.2, 0) is 6.61 Å². The Labute approximate surface area is 107 Å². The lowest BCUT2D eigenvalue weighted by atomic mass is 9.91. The summed E-state index contributed by atoms with van der Waals surface area (Å²) in [5.41, 5.74) is 1.15. The van der Waals surface area contributed by atoms with E-state index in [2.05, 4.69) is 0 Å². The maximum Gasteiger partial charge on any atom is 0.146 e. The predicted molar refractivity (Wildman–Crippen MR) is 68.9 cm³/mol. The van der Waals surface area contributed by atoms with E-state index < -0.39 is 0 Å². The Hall–Kier alpha value is -1.13. The zero-order valence-corrected chi connectivity index (χ0v) is 10.6. The van der Waals surface area contributed by atoms with Crippen molar-refractivity contribution in [2.75, 3.05) is 18.0 Å². The minimum atomic E-state index is -0.301. The molecule has 1 fully saturated rings. The lowest BCUT2D eigenvalue weighted by Crippen LogP contribution is -2.38. The van der Waals surface area contributed by atoms with Crippen LogP contribution in [0.1, 0.15) is 25.3 Å². The summed E-state index contributed by atoms with van der Waals surface area (Å²) in [5.74, 6) is 0.0163. The first-order valence-electron chi connectivity index (χ1n) is 6.44. The molecule has 0 aromatic heterocycles. The first-order valence-corrected chi connectivity index (χ1v) is 6.44. The number of anilines is 1. The van der Waals surface area contributed by atoms with Crippen molar-refractivity contribution in [2.45, 2.75) is 32.5 Å². The molecule has 0 saturated carbocycles. The normalized spacial score (nSPS) is 19.0. The first kappa shape index (κ1) is 13.3. The van der Waals surface area contributed by atoms with E-state index in [0.717, 1.165) is 25.9 Å². The predicted octanol–water partition coefficient (Wildman–Crippen LogP) is 1.92. The molecule has 2 N–H and O–H groups in total. The van der Waals surface area contributed by atoms with Crippen molar-refractivity contribution in [3.8, 4) is 0 Å². The molecule has 1 saturated heterocycles. The second-order valence-corrected chi connectivity index (χ2v) is 4.97. The number of para-hydroxylation sites is 1. The van der Waals surface area contributed by atoms with E-state index in [-0.39, 0.29) is 18.5 Å². The van der Waals surface area contributed by atoms with E-state index >= 15 is 0 Å². The highest BCUT2D eigenvalue weighted by atomic mass is 19.1. The molecule has 0 spiro atoms. The van der Waals surface area contributed by atoms with Crippen molar-refractivity contribution in [1.82, 2.24) is 0 Å². The van der Waals surface area contributed by atoms with Crippen LogP contribution in [0.15, 0.2) is 18.2 Å². The molecule has 3 nitrogen and oxygen atoms in total. The lowest BCUT2D eigenvalue weighted by Gasteiger charge is -2.35. The van der Waals surface area contributed by atoms with Crippen LogP contribution in [0.4, 0.5) is 10.1 Å². The van der Waals surface area contributed by atoms with E-state index in [1.54, 1.807) is 12.1 Å². The summed E-state index contributed by atoms with van der Waals surface area (Å²) in [6.07, 6.45) is 1.42. The number of rotatable bonds is 3. The largest absolute Gasteiger partial charge is 0.393 e. The molecule has 0 aliphatic carbocycles. The summed E-state index contributed by atoms with van der Waals surface area (Å²) >= 11 is 0. The van der Waals surface area contributed by atoms with Crippen LogP contribution < -0.4 is 4.90 Å².